The number of ether oxygens (including phenoxy) is 1. The number of rotatable bonds is 4. The van der Waals surface area contributed by atoms with E-state index in [-0.39, 0.29) is 5.91 Å². The minimum Gasteiger partial charge on any atom is -0.492 e. The number of aromatic nitrogens is 1. The van der Waals surface area contributed by atoms with Crippen LogP contribution in [0.15, 0.2) is 51.7 Å². The maximum absolute atomic E-state index is 12.4. The van der Waals surface area contributed by atoms with Gasteiger partial charge in [0.2, 0.25) is 0 Å². The van der Waals surface area contributed by atoms with Crippen molar-refractivity contribution in [3.63, 3.8) is 0 Å². The predicted molar refractivity (Wildman–Crippen MR) is 87.0 cm³/mol. The summed E-state index contributed by atoms with van der Waals surface area (Å²) in [5, 5.41) is 2.81. The molecule has 1 amide bonds. The number of amides is 1. The molecule has 118 valence electrons. The Hall–Kier alpha value is -3.02. The Morgan fingerprint density at radius 1 is 1.26 bits per heavy atom. The molecule has 0 atom stereocenters. The Labute approximate surface area is 132 Å². The summed E-state index contributed by atoms with van der Waals surface area (Å²) in [7, 11) is 1.62. The van der Waals surface area contributed by atoms with Crippen molar-refractivity contribution in [3.8, 4) is 5.75 Å². The van der Waals surface area contributed by atoms with Crippen molar-refractivity contribution in [2.24, 2.45) is 7.05 Å². The number of carbonyl (C=O) groups is 1. The summed E-state index contributed by atoms with van der Waals surface area (Å²) in [6, 6.07) is 12.1. The van der Waals surface area contributed by atoms with Crippen LogP contribution in [0.4, 0.5) is 5.69 Å². The van der Waals surface area contributed by atoms with Crippen LogP contribution in [0.1, 0.15) is 17.3 Å². The Bertz CT molecular complexity index is 924. The minimum atomic E-state index is -0.459. The molecule has 6 nitrogen and oxygen atoms in total. The second-order valence-electron chi connectivity index (χ2n) is 4.99. The van der Waals surface area contributed by atoms with E-state index in [1.807, 2.05) is 19.1 Å². The number of carbonyl (C=O) groups excluding carboxylic acids is 1. The topological polar surface area (TPSA) is 73.5 Å². The number of aryl methyl sites for hydroxylation is 1. The highest BCUT2D eigenvalue weighted by atomic mass is 16.5. The lowest BCUT2D eigenvalue weighted by molar-refractivity contribution is 0.102. The standard InChI is InChI=1S/C17H16N2O4/c1-3-22-14-7-5-4-6-12(14)18-16(20)11-8-9-13-15(10-11)23-17(21)19(13)2/h4-10H,3H2,1-2H3,(H,18,20). The molecular weight excluding hydrogens is 296 g/mol. The van der Waals surface area contributed by atoms with Crippen LogP contribution >= 0.6 is 0 Å². The van der Waals surface area contributed by atoms with E-state index in [4.69, 9.17) is 9.15 Å². The molecule has 2 aromatic carbocycles. The van der Waals surface area contributed by atoms with Gasteiger partial charge in [0.25, 0.3) is 5.91 Å². The zero-order chi connectivity index (χ0) is 16.4. The third kappa shape index (κ3) is 2.83. The Morgan fingerprint density at radius 2 is 2.04 bits per heavy atom. The molecule has 23 heavy (non-hydrogen) atoms. The highest BCUT2D eigenvalue weighted by molar-refractivity contribution is 6.06. The monoisotopic (exact) mass is 312 g/mol. The van der Waals surface area contributed by atoms with Crippen molar-refractivity contribution in [1.82, 2.24) is 4.57 Å². The van der Waals surface area contributed by atoms with Gasteiger partial charge in [-0.2, -0.15) is 0 Å². The highest BCUT2D eigenvalue weighted by Crippen LogP contribution is 2.24. The van der Waals surface area contributed by atoms with Crippen molar-refractivity contribution >= 4 is 22.7 Å². The lowest BCUT2D eigenvalue weighted by Gasteiger charge is -2.11. The molecule has 1 N–H and O–H groups in total. The van der Waals surface area contributed by atoms with Gasteiger partial charge in [0.15, 0.2) is 5.58 Å². The molecule has 1 aromatic heterocycles. The first kappa shape index (κ1) is 14.9. The summed E-state index contributed by atoms with van der Waals surface area (Å²) in [6.07, 6.45) is 0. The molecule has 0 fully saturated rings. The van der Waals surface area contributed by atoms with Crippen LogP contribution in [-0.4, -0.2) is 17.1 Å². The maximum atomic E-state index is 12.4. The van der Waals surface area contributed by atoms with E-state index in [9.17, 15) is 9.59 Å². The zero-order valence-corrected chi connectivity index (χ0v) is 12.8. The average molecular weight is 312 g/mol. The number of hydrogen-bond donors (Lipinski definition) is 1. The quantitative estimate of drug-likeness (QED) is 0.804. The van der Waals surface area contributed by atoms with Crippen LogP contribution in [0, 0.1) is 0 Å². The van der Waals surface area contributed by atoms with E-state index in [1.165, 1.54) is 4.57 Å². The lowest BCUT2D eigenvalue weighted by atomic mass is 10.2. The van der Waals surface area contributed by atoms with Gasteiger partial charge in [-0.05, 0) is 37.3 Å². The maximum Gasteiger partial charge on any atom is 0.419 e. The first-order valence-corrected chi connectivity index (χ1v) is 7.23. The fourth-order valence-corrected chi connectivity index (χ4v) is 2.32. The normalized spacial score (nSPS) is 10.7. The molecule has 0 aliphatic carbocycles. The van der Waals surface area contributed by atoms with Crippen molar-refractivity contribution in [3.05, 3.63) is 58.6 Å². The molecule has 1 heterocycles. The largest absolute Gasteiger partial charge is 0.492 e. The second-order valence-corrected chi connectivity index (χ2v) is 4.99. The first-order valence-electron chi connectivity index (χ1n) is 7.23. The average Bonchev–Trinajstić information content (AvgIpc) is 2.83. The Balaban J connectivity index is 1.90. The fraction of sp³-hybridized carbons (Fsp3) is 0.176. The summed E-state index contributed by atoms with van der Waals surface area (Å²) in [5.74, 6) is -0.152. The highest BCUT2D eigenvalue weighted by Gasteiger charge is 2.13. The molecule has 0 aliphatic heterocycles. The second kappa shape index (κ2) is 6.00. The summed E-state index contributed by atoms with van der Waals surface area (Å²) in [6.45, 7) is 2.39. The van der Waals surface area contributed by atoms with Crippen LogP contribution in [-0.2, 0) is 7.05 Å². The number of oxazole rings is 1. The molecule has 0 radical (unpaired) electrons. The molecule has 6 heteroatoms. The Kier molecular flexibility index (Phi) is 3.89. The SMILES string of the molecule is CCOc1ccccc1NC(=O)c1ccc2c(c1)oc(=O)n2C. The van der Waals surface area contributed by atoms with Gasteiger partial charge in [-0.25, -0.2) is 4.79 Å². The molecule has 0 aliphatic rings. The number of nitrogens with one attached hydrogen (secondary N) is 1. The van der Waals surface area contributed by atoms with Gasteiger partial charge in [0.1, 0.15) is 5.75 Å². The number of benzene rings is 2. The van der Waals surface area contributed by atoms with Gasteiger partial charge in [-0.1, -0.05) is 12.1 Å². The van der Waals surface area contributed by atoms with Crippen molar-refractivity contribution in [1.29, 1.82) is 0 Å². The van der Waals surface area contributed by atoms with Crippen LogP contribution in [0.2, 0.25) is 0 Å². The van der Waals surface area contributed by atoms with Gasteiger partial charge >= 0.3 is 5.76 Å². The van der Waals surface area contributed by atoms with E-state index in [2.05, 4.69) is 5.32 Å². The number of hydrogen-bond acceptors (Lipinski definition) is 4. The van der Waals surface area contributed by atoms with E-state index < -0.39 is 5.76 Å². The van der Waals surface area contributed by atoms with Crippen LogP contribution in [0.5, 0.6) is 5.75 Å². The molecule has 0 saturated heterocycles. The van der Waals surface area contributed by atoms with Crippen molar-refractivity contribution in [2.45, 2.75) is 6.92 Å². The van der Waals surface area contributed by atoms with Crippen LogP contribution < -0.4 is 15.8 Å². The van der Waals surface area contributed by atoms with Gasteiger partial charge in [0, 0.05) is 12.6 Å². The Morgan fingerprint density at radius 3 is 2.83 bits per heavy atom. The third-order valence-electron chi connectivity index (χ3n) is 3.49. The lowest BCUT2D eigenvalue weighted by Crippen LogP contribution is -2.13. The van der Waals surface area contributed by atoms with Crippen LogP contribution in [0.3, 0.4) is 0 Å². The third-order valence-corrected chi connectivity index (χ3v) is 3.49. The number of nitrogens with zero attached hydrogens (tertiary/aromatic N) is 1. The molecule has 3 aromatic rings. The minimum absolute atomic E-state index is 0.300. The number of anilines is 1. The van der Waals surface area contributed by atoms with Crippen LogP contribution in [0.25, 0.3) is 11.1 Å². The van der Waals surface area contributed by atoms with Crippen molar-refractivity contribution < 1.29 is 13.9 Å². The number of para-hydroxylation sites is 2. The van der Waals surface area contributed by atoms with Gasteiger partial charge in [-0.3, -0.25) is 9.36 Å². The summed E-state index contributed by atoms with van der Waals surface area (Å²) < 4.78 is 12.0. The smallest absolute Gasteiger partial charge is 0.419 e. The molecule has 0 unspecified atom stereocenters. The first-order chi connectivity index (χ1) is 11.1. The molecule has 0 saturated carbocycles. The molecule has 0 spiro atoms. The van der Waals surface area contributed by atoms with E-state index >= 15 is 0 Å². The predicted octanol–water partition coefficient (Wildman–Crippen LogP) is 2.78. The molecule has 0 bridgehead atoms. The fourth-order valence-electron chi connectivity index (χ4n) is 2.32. The molecular formula is C17H16N2O4. The summed E-state index contributed by atoms with van der Waals surface area (Å²) >= 11 is 0. The van der Waals surface area contributed by atoms with E-state index in [1.54, 1.807) is 37.4 Å². The van der Waals surface area contributed by atoms with E-state index in [0.29, 0.717) is 34.7 Å². The van der Waals surface area contributed by atoms with Gasteiger partial charge in [0.05, 0.1) is 17.8 Å². The molecule has 3 rings (SSSR count). The van der Waals surface area contributed by atoms with Crippen molar-refractivity contribution in [2.75, 3.05) is 11.9 Å². The number of fused-ring (bicyclic) bond motifs is 1. The summed E-state index contributed by atoms with van der Waals surface area (Å²) in [5.41, 5.74) is 2.01. The zero-order valence-electron chi connectivity index (χ0n) is 12.8. The van der Waals surface area contributed by atoms with Gasteiger partial charge < -0.3 is 14.5 Å². The van der Waals surface area contributed by atoms with Gasteiger partial charge in [-0.15, -0.1) is 0 Å². The summed E-state index contributed by atoms with van der Waals surface area (Å²) in [4.78, 5) is 23.9. The van der Waals surface area contributed by atoms with E-state index in [0.717, 1.165) is 0 Å².